The molecule has 1 aliphatic carbocycles. The van der Waals surface area contributed by atoms with Crippen molar-refractivity contribution in [1.82, 2.24) is 0 Å². The fourth-order valence-electron chi connectivity index (χ4n) is 4.33. The molecule has 0 fully saturated rings. The number of nitrogens with zero attached hydrogens (tertiary/aromatic N) is 1. The van der Waals surface area contributed by atoms with Gasteiger partial charge in [-0.1, -0.05) is 43.6 Å². The molecule has 1 amide bonds. The minimum absolute atomic E-state index is 0.0743. The Morgan fingerprint density at radius 1 is 1.07 bits per heavy atom. The summed E-state index contributed by atoms with van der Waals surface area (Å²) >= 11 is 6.02. The van der Waals surface area contributed by atoms with E-state index in [0.29, 0.717) is 29.1 Å². The van der Waals surface area contributed by atoms with E-state index in [-0.39, 0.29) is 35.2 Å². The summed E-state index contributed by atoms with van der Waals surface area (Å²) in [5, 5.41) is 10.5. The molecule has 1 heterocycles. The second-order valence-corrected chi connectivity index (χ2v) is 8.80. The quantitative estimate of drug-likeness (QED) is 0.759. The second-order valence-electron chi connectivity index (χ2n) is 8.36. The van der Waals surface area contributed by atoms with Crippen LogP contribution in [0.4, 0.5) is 5.69 Å². The first kappa shape index (κ1) is 18.8. The van der Waals surface area contributed by atoms with Gasteiger partial charge in [0.25, 0.3) is 0 Å². The topological polar surface area (TPSA) is 57.6 Å². The molecule has 1 unspecified atom stereocenters. The van der Waals surface area contributed by atoms with Gasteiger partial charge in [0.2, 0.25) is 5.91 Å². The molecule has 1 aliphatic heterocycles. The number of anilines is 1. The molecule has 1 N–H and O–H groups in total. The van der Waals surface area contributed by atoms with Crippen LogP contribution in [0.5, 0.6) is 5.75 Å². The molecule has 28 heavy (non-hydrogen) atoms. The second kappa shape index (κ2) is 6.78. The van der Waals surface area contributed by atoms with E-state index in [4.69, 9.17) is 11.6 Å². The number of phenols is 1. The summed E-state index contributed by atoms with van der Waals surface area (Å²) in [7, 11) is 0. The van der Waals surface area contributed by atoms with Gasteiger partial charge in [-0.05, 0) is 41.7 Å². The van der Waals surface area contributed by atoms with Gasteiger partial charge in [-0.2, -0.15) is 0 Å². The van der Waals surface area contributed by atoms with Crippen LogP contribution in [0.25, 0.3) is 0 Å². The van der Waals surface area contributed by atoms with Crippen molar-refractivity contribution in [2.24, 2.45) is 5.41 Å². The van der Waals surface area contributed by atoms with Gasteiger partial charge < -0.3 is 5.11 Å². The molecule has 0 radical (unpaired) electrons. The van der Waals surface area contributed by atoms with E-state index in [2.05, 4.69) is 0 Å². The maximum absolute atomic E-state index is 13.2. The molecule has 0 saturated carbocycles. The van der Waals surface area contributed by atoms with Crippen molar-refractivity contribution < 1.29 is 14.7 Å². The Kier molecular flexibility index (Phi) is 4.54. The Hall–Kier alpha value is -2.59. The van der Waals surface area contributed by atoms with E-state index in [9.17, 15) is 14.7 Å². The number of hydrogen-bond acceptors (Lipinski definition) is 3. The van der Waals surface area contributed by atoms with Crippen molar-refractivity contribution in [2.45, 2.75) is 39.0 Å². The first-order valence-electron chi connectivity index (χ1n) is 9.39. The maximum atomic E-state index is 13.2. The van der Waals surface area contributed by atoms with Crippen LogP contribution in [-0.4, -0.2) is 16.8 Å². The van der Waals surface area contributed by atoms with Crippen LogP contribution in [0.1, 0.15) is 44.6 Å². The van der Waals surface area contributed by atoms with E-state index in [1.807, 2.05) is 26.0 Å². The molecular weight excluding hydrogens is 374 g/mol. The number of carbonyl (C=O) groups is 2. The normalized spacial score (nSPS) is 21.7. The van der Waals surface area contributed by atoms with Crippen molar-refractivity contribution in [1.29, 1.82) is 0 Å². The van der Waals surface area contributed by atoms with E-state index < -0.39 is 0 Å². The largest absolute Gasteiger partial charge is 0.508 e. The highest BCUT2D eigenvalue weighted by atomic mass is 35.5. The smallest absolute Gasteiger partial charge is 0.232 e. The highest BCUT2D eigenvalue weighted by Crippen LogP contribution is 2.48. The first-order chi connectivity index (χ1) is 13.2. The van der Waals surface area contributed by atoms with Gasteiger partial charge in [0.1, 0.15) is 5.75 Å². The average molecular weight is 396 g/mol. The van der Waals surface area contributed by atoms with Crippen molar-refractivity contribution in [3.8, 4) is 5.75 Å². The lowest BCUT2D eigenvalue weighted by Gasteiger charge is -2.43. The molecule has 2 aromatic rings. The lowest BCUT2D eigenvalue weighted by atomic mass is 9.69. The summed E-state index contributed by atoms with van der Waals surface area (Å²) in [5.41, 5.74) is 2.76. The molecule has 1 atom stereocenters. The molecule has 0 aromatic heterocycles. The molecule has 4 rings (SSSR count). The third kappa shape index (κ3) is 3.33. The average Bonchev–Trinajstić information content (AvgIpc) is 2.60. The number of halogens is 1. The minimum Gasteiger partial charge on any atom is -0.508 e. The third-order valence-electron chi connectivity index (χ3n) is 5.50. The molecular formula is C23H22ClNO3. The molecule has 2 aromatic carbocycles. The van der Waals surface area contributed by atoms with E-state index in [0.717, 1.165) is 11.3 Å². The Morgan fingerprint density at radius 2 is 1.79 bits per heavy atom. The molecule has 2 aliphatic rings. The summed E-state index contributed by atoms with van der Waals surface area (Å²) in [6, 6.07) is 14.0. The number of amides is 1. The SMILES string of the molecule is CC1(C)CC(=O)C2=C(C1)N(c1cccc(O)c1)C(=O)CC2c1ccc(Cl)cc1. The molecule has 144 valence electrons. The minimum atomic E-state index is -0.267. The number of hydrogen-bond donors (Lipinski definition) is 1. The van der Waals surface area contributed by atoms with E-state index >= 15 is 0 Å². The van der Waals surface area contributed by atoms with Gasteiger partial charge in [0.15, 0.2) is 5.78 Å². The first-order valence-corrected chi connectivity index (χ1v) is 9.77. The van der Waals surface area contributed by atoms with Gasteiger partial charge in [-0.25, -0.2) is 0 Å². The highest BCUT2D eigenvalue weighted by molar-refractivity contribution is 6.30. The Bertz CT molecular complexity index is 991. The van der Waals surface area contributed by atoms with Crippen LogP contribution in [0.2, 0.25) is 5.02 Å². The molecule has 0 spiro atoms. The summed E-state index contributed by atoms with van der Waals surface area (Å²) in [6.07, 6.45) is 1.29. The summed E-state index contributed by atoms with van der Waals surface area (Å²) in [5.74, 6) is -0.163. The zero-order valence-electron chi connectivity index (χ0n) is 15.9. The van der Waals surface area contributed by atoms with Crippen LogP contribution in [0.15, 0.2) is 59.8 Å². The Balaban J connectivity index is 1.89. The van der Waals surface area contributed by atoms with Crippen LogP contribution in [0.3, 0.4) is 0 Å². The standard InChI is InChI=1S/C23H22ClNO3/c1-23(2)12-19-22(20(27)13-23)18(14-6-8-15(24)9-7-14)11-21(28)25(19)16-4-3-5-17(26)10-16/h3-10,18,26H,11-13H2,1-2H3. The summed E-state index contributed by atoms with van der Waals surface area (Å²) in [4.78, 5) is 28.0. The summed E-state index contributed by atoms with van der Waals surface area (Å²) < 4.78 is 0. The van der Waals surface area contributed by atoms with Crippen molar-refractivity contribution in [2.75, 3.05) is 4.90 Å². The monoisotopic (exact) mass is 395 g/mol. The lowest BCUT2D eigenvalue weighted by molar-refractivity contribution is -0.121. The maximum Gasteiger partial charge on any atom is 0.232 e. The number of phenolic OH excluding ortho intramolecular Hbond substituents is 1. The van der Waals surface area contributed by atoms with Crippen LogP contribution < -0.4 is 4.90 Å². The molecule has 0 saturated heterocycles. The zero-order chi connectivity index (χ0) is 20.1. The number of aromatic hydroxyl groups is 1. The van der Waals surface area contributed by atoms with Gasteiger partial charge in [-0.3, -0.25) is 14.5 Å². The van der Waals surface area contributed by atoms with Crippen molar-refractivity contribution >= 4 is 29.0 Å². The van der Waals surface area contributed by atoms with Gasteiger partial charge in [0, 0.05) is 41.1 Å². The number of Topliss-reactive ketones (excluding diaryl/α,β-unsaturated/α-hetero) is 1. The van der Waals surface area contributed by atoms with E-state index in [1.54, 1.807) is 41.3 Å². The number of carbonyl (C=O) groups excluding carboxylic acids is 2. The fourth-order valence-corrected chi connectivity index (χ4v) is 4.45. The molecule has 5 heteroatoms. The van der Waals surface area contributed by atoms with Crippen molar-refractivity contribution in [3.05, 3.63) is 70.4 Å². The van der Waals surface area contributed by atoms with Gasteiger partial charge in [-0.15, -0.1) is 0 Å². The van der Waals surface area contributed by atoms with Crippen LogP contribution in [0, 0.1) is 5.41 Å². The number of benzene rings is 2. The van der Waals surface area contributed by atoms with E-state index in [1.165, 1.54) is 0 Å². The lowest BCUT2D eigenvalue weighted by Crippen LogP contribution is -2.43. The van der Waals surface area contributed by atoms with Crippen molar-refractivity contribution in [3.63, 3.8) is 0 Å². The molecule has 4 nitrogen and oxygen atoms in total. The number of ketones is 1. The fraction of sp³-hybridized carbons (Fsp3) is 0.304. The van der Waals surface area contributed by atoms with Gasteiger partial charge in [0.05, 0.1) is 5.69 Å². The number of allylic oxidation sites excluding steroid dienone is 2. The highest BCUT2D eigenvalue weighted by Gasteiger charge is 2.44. The predicted molar refractivity (Wildman–Crippen MR) is 109 cm³/mol. The Labute approximate surface area is 169 Å². The Morgan fingerprint density at radius 3 is 2.46 bits per heavy atom. The number of rotatable bonds is 2. The van der Waals surface area contributed by atoms with Crippen LogP contribution in [-0.2, 0) is 9.59 Å². The zero-order valence-corrected chi connectivity index (χ0v) is 16.7. The summed E-state index contributed by atoms with van der Waals surface area (Å²) in [6.45, 7) is 4.09. The third-order valence-corrected chi connectivity index (χ3v) is 5.76. The predicted octanol–water partition coefficient (Wildman–Crippen LogP) is 5.21. The molecule has 0 bridgehead atoms. The van der Waals surface area contributed by atoms with Crippen LogP contribution >= 0.6 is 11.6 Å². The van der Waals surface area contributed by atoms with Gasteiger partial charge >= 0.3 is 0 Å².